The maximum Gasteiger partial charge on any atom is 0.335 e. The number of rotatable bonds is 3. The first-order chi connectivity index (χ1) is 18.5. The minimum atomic E-state index is -0.930. The normalized spacial score (nSPS) is 16.8. The van der Waals surface area contributed by atoms with E-state index in [2.05, 4.69) is 94.2 Å². The molecule has 1 aliphatic carbocycles. The number of anilines is 2. The van der Waals surface area contributed by atoms with Gasteiger partial charge in [-0.3, -0.25) is 0 Å². The Morgan fingerprint density at radius 3 is 2.00 bits per heavy atom. The fourth-order valence-electron chi connectivity index (χ4n) is 6.08. The maximum atomic E-state index is 11.6. The molecule has 0 amide bonds. The lowest BCUT2D eigenvalue weighted by atomic mass is 9.62. The van der Waals surface area contributed by atoms with Crippen LogP contribution in [0.25, 0.3) is 11.1 Å². The summed E-state index contributed by atoms with van der Waals surface area (Å²) in [4.78, 5) is 19.2. The maximum absolute atomic E-state index is 11.6. The summed E-state index contributed by atoms with van der Waals surface area (Å²) in [5, 5.41) is 9.49. The van der Waals surface area contributed by atoms with Gasteiger partial charge in [-0.15, -0.1) is 0 Å². The van der Waals surface area contributed by atoms with Gasteiger partial charge in [-0.05, 0) is 82.3 Å². The number of hydrogen-bond donors (Lipinski definition) is 1. The van der Waals surface area contributed by atoms with Crippen LogP contribution in [0.4, 0.5) is 17.1 Å². The average molecular weight is 515 g/mol. The average Bonchev–Trinajstić information content (AvgIpc) is 3.05. The lowest BCUT2D eigenvalue weighted by Gasteiger charge is -2.43. The van der Waals surface area contributed by atoms with Gasteiger partial charge in [0.05, 0.1) is 28.3 Å². The monoisotopic (exact) mass is 514 g/mol. The van der Waals surface area contributed by atoms with Crippen LogP contribution in [0, 0.1) is 0 Å². The molecule has 196 valence electrons. The summed E-state index contributed by atoms with van der Waals surface area (Å²) in [5.41, 5.74) is 11.3. The second-order valence-electron chi connectivity index (χ2n) is 12.2. The Morgan fingerprint density at radius 1 is 0.744 bits per heavy atom. The van der Waals surface area contributed by atoms with Crippen LogP contribution in [0.3, 0.4) is 0 Å². The Balaban J connectivity index is 1.63. The molecule has 4 aromatic carbocycles. The lowest BCUT2D eigenvalue weighted by Crippen LogP contribution is -2.34. The molecule has 6 rings (SSSR count). The first-order valence-corrected chi connectivity index (χ1v) is 13.6. The van der Waals surface area contributed by atoms with Gasteiger partial charge in [0.25, 0.3) is 0 Å². The van der Waals surface area contributed by atoms with Crippen molar-refractivity contribution < 1.29 is 9.90 Å². The van der Waals surface area contributed by atoms with Crippen molar-refractivity contribution in [3.63, 3.8) is 0 Å². The van der Waals surface area contributed by atoms with Gasteiger partial charge in [0.1, 0.15) is 0 Å². The number of benzene rings is 4. The first-order valence-electron chi connectivity index (χ1n) is 13.6. The Kier molecular flexibility index (Phi) is 5.76. The van der Waals surface area contributed by atoms with Crippen LogP contribution in [-0.4, -0.2) is 23.8 Å². The van der Waals surface area contributed by atoms with Crippen LogP contribution in [0.5, 0.6) is 0 Å². The summed E-state index contributed by atoms with van der Waals surface area (Å²) in [5.74, 6) is -0.930. The quantitative estimate of drug-likeness (QED) is 0.298. The van der Waals surface area contributed by atoms with Crippen LogP contribution in [0.2, 0.25) is 0 Å². The fraction of sp³-hybridized carbons (Fsp3) is 0.257. The van der Waals surface area contributed by atoms with Crippen molar-refractivity contribution in [1.29, 1.82) is 0 Å². The van der Waals surface area contributed by atoms with Crippen LogP contribution in [-0.2, 0) is 10.8 Å². The van der Waals surface area contributed by atoms with E-state index in [1.165, 1.54) is 11.1 Å². The summed E-state index contributed by atoms with van der Waals surface area (Å²) in [7, 11) is 2.12. The van der Waals surface area contributed by atoms with Gasteiger partial charge in [0.15, 0.2) is 0 Å². The van der Waals surface area contributed by atoms with Gasteiger partial charge in [0.2, 0.25) is 0 Å². The van der Waals surface area contributed by atoms with Crippen molar-refractivity contribution >= 4 is 28.7 Å². The van der Waals surface area contributed by atoms with E-state index in [-0.39, 0.29) is 16.4 Å². The van der Waals surface area contributed by atoms with Gasteiger partial charge >= 0.3 is 5.97 Å². The minimum Gasteiger partial charge on any atom is -0.478 e. The molecule has 2 aliphatic rings. The smallest absolute Gasteiger partial charge is 0.335 e. The molecule has 1 aliphatic heterocycles. The molecule has 1 N–H and O–H groups in total. The molecule has 0 unspecified atom stereocenters. The Hall–Kier alpha value is -4.18. The third kappa shape index (κ3) is 4.24. The van der Waals surface area contributed by atoms with Crippen LogP contribution >= 0.6 is 0 Å². The number of nitrogens with zero attached hydrogens (tertiary/aromatic N) is 2. The summed E-state index contributed by atoms with van der Waals surface area (Å²) in [6.07, 6.45) is 2.27. The van der Waals surface area contributed by atoms with Crippen LogP contribution < -0.4 is 4.90 Å². The molecule has 0 fully saturated rings. The number of carboxylic acid groups (broad SMARTS) is 1. The standard InChI is InChI=1S/C35H34N2O2/c1-34(2)17-18-35(3,4)28-21-31-26(20-27(28)34)32(23-11-13-24(14-12-23)33(38)39)36-29-19-25(15-16-30(29)37(31)5)22-9-7-6-8-10-22/h6-16,19-21H,17-18H2,1-5H3,(H,38,39). The second kappa shape index (κ2) is 8.94. The molecule has 4 nitrogen and oxygen atoms in total. The van der Waals surface area contributed by atoms with Gasteiger partial charge < -0.3 is 10.0 Å². The third-order valence-electron chi connectivity index (χ3n) is 8.67. The van der Waals surface area contributed by atoms with E-state index in [1.54, 1.807) is 12.1 Å². The zero-order valence-corrected chi connectivity index (χ0v) is 23.2. The number of aromatic carboxylic acids is 1. The number of hydrogen-bond acceptors (Lipinski definition) is 3. The van der Waals surface area contributed by atoms with E-state index in [0.29, 0.717) is 0 Å². The number of carbonyl (C=O) groups is 1. The largest absolute Gasteiger partial charge is 0.478 e. The predicted octanol–water partition coefficient (Wildman–Crippen LogP) is 8.65. The number of carboxylic acids is 1. The van der Waals surface area contributed by atoms with Crippen LogP contribution in [0.1, 0.15) is 73.1 Å². The van der Waals surface area contributed by atoms with Crippen molar-refractivity contribution in [2.75, 3.05) is 11.9 Å². The molecule has 0 bridgehead atoms. The highest BCUT2D eigenvalue weighted by atomic mass is 16.4. The fourth-order valence-corrected chi connectivity index (χ4v) is 6.08. The predicted molar refractivity (Wildman–Crippen MR) is 160 cm³/mol. The van der Waals surface area contributed by atoms with Crippen molar-refractivity contribution in [3.05, 3.63) is 113 Å². The molecule has 0 atom stereocenters. The number of aliphatic imine (C=N–C) groups is 1. The zero-order valence-electron chi connectivity index (χ0n) is 23.2. The molecule has 0 saturated heterocycles. The topological polar surface area (TPSA) is 52.9 Å². The SMILES string of the molecule is CN1c2ccc(-c3ccccc3)cc2N=C(c2ccc(C(=O)O)cc2)c2cc3c(cc21)C(C)(C)CCC3(C)C. The Labute approximate surface area is 230 Å². The zero-order chi connectivity index (χ0) is 27.5. The van der Waals surface area contributed by atoms with E-state index in [1.807, 2.05) is 18.2 Å². The van der Waals surface area contributed by atoms with Crippen molar-refractivity contribution in [2.45, 2.75) is 51.4 Å². The van der Waals surface area contributed by atoms with E-state index in [0.717, 1.165) is 57.9 Å². The first kappa shape index (κ1) is 25.1. The number of fused-ring (bicyclic) bond motifs is 3. The van der Waals surface area contributed by atoms with Gasteiger partial charge in [-0.1, -0.05) is 76.2 Å². The molecule has 0 saturated carbocycles. The summed E-state index contributed by atoms with van der Waals surface area (Å²) < 4.78 is 0. The molecule has 0 radical (unpaired) electrons. The summed E-state index contributed by atoms with van der Waals surface area (Å²) in [6.45, 7) is 9.38. The van der Waals surface area contributed by atoms with E-state index < -0.39 is 5.97 Å². The van der Waals surface area contributed by atoms with Gasteiger partial charge in [0, 0.05) is 18.2 Å². The Bertz CT molecular complexity index is 1630. The second-order valence-corrected chi connectivity index (χ2v) is 12.2. The molecular weight excluding hydrogens is 480 g/mol. The molecule has 0 spiro atoms. The van der Waals surface area contributed by atoms with Crippen LogP contribution in [0.15, 0.2) is 89.9 Å². The van der Waals surface area contributed by atoms with Crippen molar-refractivity contribution in [1.82, 2.24) is 0 Å². The highest BCUT2D eigenvalue weighted by molar-refractivity contribution is 6.19. The minimum absolute atomic E-state index is 0.0519. The van der Waals surface area contributed by atoms with E-state index in [9.17, 15) is 9.90 Å². The lowest BCUT2D eigenvalue weighted by molar-refractivity contribution is 0.0697. The summed E-state index contributed by atoms with van der Waals surface area (Å²) >= 11 is 0. The van der Waals surface area contributed by atoms with E-state index >= 15 is 0 Å². The molecule has 39 heavy (non-hydrogen) atoms. The molecule has 4 heteroatoms. The summed E-state index contributed by atoms with van der Waals surface area (Å²) in [6, 6.07) is 28.7. The highest BCUT2D eigenvalue weighted by Gasteiger charge is 2.39. The Morgan fingerprint density at radius 2 is 1.36 bits per heavy atom. The van der Waals surface area contributed by atoms with Gasteiger partial charge in [-0.25, -0.2) is 9.79 Å². The molecular formula is C35H34N2O2. The van der Waals surface area contributed by atoms with Gasteiger partial charge in [-0.2, -0.15) is 0 Å². The van der Waals surface area contributed by atoms with E-state index in [4.69, 9.17) is 4.99 Å². The molecule has 0 aromatic heterocycles. The molecule has 4 aromatic rings. The highest BCUT2D eigenvalue weighted by Crippen LogP contribution is 2.50. The molecule has 1 heterocycles. The third-order valence-corrected chi connectivity index (χ3v) is 8.67. The van der Waals surface area contributed by atoms with Crippen molar-refractivity contribution in [3.8, 4) is 11.1 Å². The van der Waals surface area contributed by atoms with Crippen molar-refractivity contribution in [2.24, 2.45) is 4.99 Å².